The van der Waals surface area contributed by atoms with Gasteiger partial charge in [0, 0.05) is 5.69 Å². The fourth-order valence-corrected chi connectivity index (χ4v) is 4.09. The standard InChI is InChI=1S/C21H25N5/c22-19-24-20(23)26(21(25-19)13-5-2-6-14-21)18-11-9-17(10-12-18)15-16-7-3-1-4-8-16/h1,3-4,7-12H,2,5-6,13-15H2,(H4,22,23,24,25). The molecule has 0 amide bonds. The number of anilines is 1. The summed E-state index contributed by atoms with van der Waals surface area (Å²) in [7, 11) is 0. The van der Waals surface area contributed by atoms with Crippen molar-refractivity contribution in [2.24, 2.45) is 21.5 Å². The van der Waals surface area contributed by atoms with Crippen LogP contribution in [0.25, 0.3) is 0 Å². The molecule has 2 aliphatic rings. The molecule has 0 radical (unpaired) electrons. The molecule has 5 nitrogen and oxygen atoms in total. The molecule has 0 bridgehead atoms. The molecule has 0 atom stereocenters. The average Bonchev–Trinajstić information content (AvgIpc) is 2.64. The zero-order valence-corrected chi connectivity index (χ0v) is 14.9. The van der Waals surface area contributed by atoms with Gasteiger partial charge in [0.05, 0.1) is 0 Å². The Labute approximate surface area is 154 Å². The summed E-state index contributed by atoms with van der Waals surface area (Å²) in [5, 5.41) is 0. The minimum Gasteiger partial charge on any atom is -0.369 e. The molecular formula is C21H25N5. The Bertz CT molecular complexity index is 817. The first kappa shape index (κ1) is 16.6. The van der Waals surface area contributed by atoms with Gasteiger partial charge in [-0.15, -0.1) is 0 Å². The highest BCUT2D eigenvalue weighted by Crippen LogP contribution is 2.39. The lowest BCUT2D eigenvalue weighted by Gasteiger charge is -2.45. The van der Waals surface area contributed by atoms with Crippen LogP contribution >= 0.6 is 0 Å². The van der Waals surface area contributed by atoms with E-state index in [2.05, 4.69) is 58.4 Å². The van der Waals surface area contributed by atoms with E-state index in [-0.39, 0.29) is 5.66 Å². The van der Waals surface area contributed by atoms with E-state index in [1.165, 1.54) is 17.5 Å². The van der Waals surface area contributed by atoms with Crippen molar-refractivity contribution in [1.82, 2.24) is 0 Å². The first-order chi connectivity index (χ1) is 12.7. The normalized spacial score (nSPS) is 19.2. The van der Waals surface area contributed by atoms with Gasteiger partial charge in [-0.25, -0.2) is 4.99 Å². The molecule has 1 aliphatic carbocycles. The number of nitrogens with zero attached hydrogens (tertiary/aromatic N) is 3. The van der Waals surface area contributed by atoms with Crippen molar-refractivity contribution >= 4 is 17.6 Å². The Balaban J connectivity index is 1.62. The zero-order valence-electron chi connectivity index (χ0n) is 14.9. The summed E-state index contributed by atoms with van der Waals surface area (Å²) in [5.41, 5.74) is 15.4. The summed E-state index contributed by atoms with van der Waals surface area (Å²) in [6.07, 6.45) is 6.32. The molecule has 1 aliphatic heterocycles. The van der Waals surface area contributed by atoms with Gasteiger partial charge >= 0.3 is 0 Å². The van der Waals surface area contributed by atoms with Gasteiger partial charge in [-0.3, -0.25) is 4.90 Å². The van der Waals surface area contributed by atoms with Crippen molar-refractivity contribution in [3.8, 4) is 0 Å². The number of benzene rings is 2. The van der Waals surface area contributed by atoms with E-state index in [9.17, 15) is 0 Å². The van der Waals surface area contributed by atoms with Gasteiger partial charge in [0.1, 0.15) is 5.66 Å². The maximum absolute atomic E-state index is 6.28. The molecule has 1 heterocycles. The molecule has 0 unspecified atom stereocenters. The van der Waals surface area contributed by atoms with Crippen LogP contribution in [0.5, 0.6) is 0 Å². The largest absolute Gasteiger partial charge is 0.369 e. The third-order valence-electron chi connectivity index (χ3n) is 5.30. The van der Waals surface area contributed by atoms with Crippen molar-refractivity contribution in [3.63, 3.8) is 0 Å². The minimum atomic E-state index is -0.380. The first-order valence-electron chi connectivity index (χ1n) is 9.29. The van der Waals surface area contributed by atoms with E-state index in [0.29, 0.717) is 11.9 Å². The predicted octanol–water partition coefficient (Wildman–Crippen LogP) is 3.39. The summed E-state index contributed by atoms with van der Waals surface area (Å²) in [5.74, 6) is 0.733. The van der Waals surface area contributed by atoms with E-state index >= 15 is 0 Å². The fraction of sp³-hybridized carbons (Fsp3) is 0.333. The third-order valence-corrected chi connectivity index (χ3v) is 5.30. The maximum Gasteiger partial charge on any atom is 0.220 e. The molecule has 4 N–H and O–H groups in total. The number of hydrogen-bond donors (Lipinski definition) is 2. The van der Waals surface area contributed by atoms with Gasteiger partial charge in [-0.05, 0) is 55.4 Å². The van der Waals surface area contributed by atoms with Crippen molar-refractivity contribution in [2.45, 2.75) is 44.2 Å². The summed E-state index contributed by atoms with van der Waals surface area (Å²) in [4.78, 5) is 11.0. The van der Waals surface area contributed by atoms with Crippen LogP contribution in [0.3, 0.4) is 0 Å². The van der Waals surface area contributed by atoms with Crippen molar-refractivity contribution in [2.75, 3.05) is 4.90 Å². The lowest BCUT2D eigenvalue weighted by atomic mass is 9.87. The topological polar surface area (TPSA) is 80.0 Å². The highest BCUT2D eigenvalue weighted by Gasteiger charge is 2.42. The van der Waals surface area contributed by atoms with Gasteiger partial charge in [-0.1, -0.05) is 48.9 Å². The second kappa shape index (κ2) is 6.83. The Hall–Kier alpha value is -2.82. The van der Waals surface area contributed by atoms with Crippen LogP contribution in [0, 0.1) is 0 Å². The molecule has 5 heteroatoms. The summed E-state index contributed by atoms with van der Waals surface area (Å²) in [6.45, 7) is 0. The van der Waals surface area contributed by atoms with E-state index in [1.54, 1.807) is 0 Å². The molecule has 1 spiro atoms. The first-order valence-corrected chi connectivity index (χ1v) is 9.29. The number of aliphatic imine (C=N–C) groups is 2. The van der Waals surface area contributed by atoms with E-state index in [1.807, 2.05) is 6.07 Å². The Morgan fingerprint density at radius 1 is 0.846 bits per heavy atom. The van der Waals surface area contributed by atoms with Crippen LogP contribution in [-0.4, -0.2) is 17.6 Å². The average molecular weight is 347 g/mol. The zero-order chi connectivity index (χ0) is 18.0. The van der Waals surface area contributed by atoms with Gasteiger partial charge in [0.25, 0.3) is 0 Å². The number of rotatable bonds is 3. The van der Waals surface area contributed by atoms with Gasteiger partial charge in [-0.2, -0.15) is 4.99 Å². The van der Waals surface area contributed by atoms with Crippen LogP contribution in [0.1, 0.15) is 43.2 Å². The second-order valence-electron chi connectivity index (χ2n) is 7.15. The third kappa shape index (κ3) is 3.17. The predicted molar refractivity (Wildman–Crippen MR) is 107 cm³/mol. The molecule has 0 aromatic heterocycles. The molecule has 1 saturated carbocycles. The molecule has 2 aromatic carbocycles. The van der Waals surface area contributed by atoms with Crippen LogP contribution < -0.4 is 16.4 Å². The summed E-state index contributed by atoms with van der Waals surface area (Å²) < 4.78 is 0. The summed E-state index contributed by atoms with van der Waals surface area (Å²) >= 11 is 0. The summed E-state index contributed by atoms with van der Waals surface area (Å²) in [6, 6.07) is 19.0. The highest BCUT2D eigenvalue weighted by atomic mass is 15.4. The highest BCUT2D eigenvalue weighted by molar-refractivity contribution is 6.05. The lowest BCUT2D eigenvalue weighted by Crippen LogP contribution is -2.58. The van der Waals surface area contributed by atoms with Crippen molar-refractivity contribution in [3.05, 3.63) is 65.7 Å². The van der Waals surface area contributed by atoms with E-state index < -0.39 is 0 Å². The lowest BCUT2D eigenvalue weighted by molar-refractivity contribution is 0.305. The fourth-order valence-electron chi connectivity index (χ4n) is 4.09. The van der Waals surface area contributed by atoms with Crippen LogP contribution in [0.4, 0.5) is 5.69 Å². The van der Waals surface area contributed by atoms with Gasteiger partial charge < -0.3 is 11.5 Å². The minimum absolute atomic E-state index is 0.293. The molecule has 1 fully saturated rings. The van der Waals surface area contributed by atoms with Crippen LogP contribution in [0.2, 0.25) is 0 Å². The maximum atomic E-state index is 6.28. The van der Waals surface area contributed by atoms with E-state index in [4.69, 9.17) is 16.5 Å². The Morgan fingerprint density at radius 2 is 1.50 bits per heavy atom. The molecule has 0 saturated heterocycles. The molecule has 134 valence electrons. The monoisotopic (exact) mass is 347 g/mol. The quantitative estimate of drug-likeness (QED) is 0.893. The SMILES string of the molecule is NC1=NC2(CCCCC2)N(c2ccc(Cc3ccccc3)cc2)C(N)=N1. The molecule has 2 aromatic rings. The number of guanidine groups is 2. The molecule has 4 rings (SSSR count). The van der Waals surface area contributed by atoms with E-state index in [0.717, 1.165) is 37.8 Å². The van der Waals surface area contributed by atoms with Crippen LogP contribution in [-0.2, 0) is 6.42 Å². The molecule has 26 heavy (non-hydrogen) atoms. The van der Waals surface area contributed by atoms with Crippen LogP contribution in [0.15, 0.2) is 64.6 Å². The number of hydrogen-bond acceptors (Lipinski definition) is 5. The second-order valence-corrected chi connectivity index (χ2v) is 7.15. The Kier molecular flexibility index (Phi) is 4.37. The number of nitrogens with two attached hydrogens (primary N) is 2. The van der Waals surface area contributed by atoms with Crippen molar-refractivity contribution in [1.29, 1.82) is 0 Å². The Morgan fingerprint density at radius 3 is 2.19 bits per heavy atom. The van der Waals surface area contributed by atoms with Crippen molar-refractivity contribution < 1.29 is 0 Å². The van der Waals surface area contributed by atoms with Gasteiger partial charge in [0.2, 0.25) is 11.9 Å². The molecular weight excluding hydrogens is 322 g/mol. The smallest absolute Gasteiger partial charge is 0.220 e. The van der Waals surface area contributed by atoms with Gasteiger partial charge in [0.15, 0.2) is 0 Å².